The van der Waals surface area contributed by atoms with E-state index in [2.05, 4.69) is 4.98 Å². The quantitative estimate of drug-likeness (QED) is 0.379. The highest BCUT2D eigenvalue weighted by atomic mass is 16.3. The van der Waals surface area contributed by atoms with Gasteiger partial charge in [0, 0.05) is 28.9 Å². The largest absolute Gasteiger partial charge is 0.508 e. The predicted octanol–water partition coefficient (Wildman–Crippen LogP) is 1.90. The number of hydrogen-bond donors (Lipinski definition) is 5. The lowest BCUT2D eigenvalue weighted by atomic mass is 10.1. The summed E-state index contributed by atoms with van der Waals surface area (Å²) in [6, 6.07) is 6.19. The monoisotopic (exact) mass is 229 g/mol. The number of anilines is 2. The van der Waals surface area contributed by atoms with Crippen molar-refractivity contribution in [3.8, 4) is 11.5 Å². The molecule has 0 atom stereocenters. The minimum absolute atomic E-state index is 0.00639. The van der Waals surface area contributed by atoms with Gasteiger partial charge in [-0.25, -0.2) is 0 Å². The van der Waals surface area contributed by atoms with Gasteiger partial charge in [-0.2, -0.15) is 0 Å². The van der Waals surface area contributed by atoms with E-state index in [0.717, 1.165) is 5.52 Å². The van der Waals surface area contributed by atoms with E-state index in [1.807, 2.05) is 0 Å². The van der Waals surface area contributed by atoms with Crippen molar-refractivity contribution in [3.63, 3.8) is 0 Å². The van der Waals surface area contributed by atoms with E-state index in [0.29, 0.717) is 27.7 Å². The first-order valence-electron chi connectivity index (χ1n) is 5.08. The van der Waals surface area contributed by atoms with Crippen LogP contribution in [-0.4, -0.2) is 15.2 Å². The normalized spacial score (nSPS) is 11.3. The molecule has 3 aromatic rings. The number of H-pyrrole nitrogens is 1. The van der Waals surface area contributed by atoms with Crippen LogP contribution in [0.1, 0.15) is 0 Å². The summed E-state index contributed by atoms with van der Waals surface area (Å²) in [5, 5.41) is 20.6. The molecule has 5 nitrogen and oxygen atoms in total. The number of fused-ring (bicyclic) bond motifs is 3. The molecular weight excluding hydrogens is 218 g/mol. The van der Waals surface area contributed by atoms with Crippen molar-refractivity contribution in [1.29, 1.82) is 0 Å². The molecule has 86 valence electrons. The Kier molecular flexibility index (Phi) is 1.69. The first-order valence-corrected chi connectivity index (χ1v) is 5.08. The molecule has 2 aromatic carbocycles. The Bertz CT molecular complexity index is 684. The Hall–Kier alpha value is -2.56. The van der Waals surface area contributed by atoms with Crippen molar-refractivity contribution in [3.05, 3.63) is 24.3 Å². The topological polar surface area (TPSA) is 108 Å². The number of phenols is 2. The van der Waals surface area contributed by atoms with Crippen molar-refractivity contribution >= 4 is 33.2 Å². The van der Waals surface area contributed by atoms with Crippen LogP contribution in [0.4, 0.5) is 11.4 Å². The van der Waals surface area contributed by atoms with Crippen LogP contribution in [0, 0.1) is 0 Å². The first-order chi connectivity index (χ1) is 8.06. The maximum atomic E-state index is 9.87. The van der Waals surface area contributed by atoms with E-state index in [4.69, 9.17) is 11.5 Å². The number of nitrogen functional groups attached to an aromatic ring is 2. The number of nitrogens with one attached hydrogen (secondary N) is 1. The summed E-state index contributed by atoms with van der Waals surface area (Å²) in [4.78, 5) is 3.06. The van der Waals surface area contributed by atoms with Gasteiger partial charge in [0.2, 0.25) is 0 Å². The molecule has 0 spiro atoms. The minimum Gasteiger partial charge on any atom is -0.508 e. The van der Waals surface area contributed by atoms with Crippen LogP contribution in [0.25, 0.3) is 21.8 Å². The van der Waals surface area contributed by atoms with Crippen LogP contribution >= 0.6 is 0 Å². The Balaban J connectivity index is 2.60. The molecule has 5 heteroatoms. The number of aromatic amines is 1. The second-order valence-corrected chi connectivity index (χ2v) is 4.05. The van der Waals surface area contributed by atoms with Crippen molar-refractivity contribution in [2.45, 2.75) is 0 Å². The number of nitrogens with two attached hydrogens (primary N) is 2. The van der Waals surface area contributed by atoms with E-state index >= 15 is 0 Å². The molecule has 0 aliphatic carbocycles. The zero-order valence-electron chi connectivity index (χ0n) is 8.86. The zero-order chi connectivity index (χ0) is 12.2. The summed E-state index contributed by atoms with van der Waals surface area (Å²) in [5.41, 5.74) is 14.0. The molecule has 1 heterocycles. The van der Waals surface area contributed by atoms with Crippen LogP contribution in [0.2, 0.25) is 0 Å². The minimum atomic E-state index is -0.0114. The van der Waals surface area contributed by atoms with Crippen molar-refractivity contribution in [2.24, 2.45) is 0 Å². The maximum absolute atomic E-state index is 9.87. The Morgan fingerprint density at radius 3 is 2.35 bits per heavy atom. The lowest BCUT2D eigenvalue weighted by Gasteiger charge is -2.01. The van der Waals surface area contributed by atoms with E-state index in [9.17, 15) is 10.2 Å². The summed E-state index contributed by atoms with van der Waals surface area (Å²) in [6.45, 7) is 0. The van der Waals surface area contributed by atoms with Crippen LogP contribution in [0.15, 0.2) is 24.3 Å². The highest BCUT2D eigenvalue weighted by Gasteiger charge is 2.12. The summed E-state index contributed by atoms with van der Waals surface area (Å²) < 4.78 is 0. The molecule has 7 N–H and O–H groups in total. The van der Waals surface area contributed by atoms with Gasteiger partial charge < -0.3 is 26.7 Å². The fourth-order valence-corrected chi connectivity index (χ4v) is 2.18. The molecule has 0 aliphatic rings. The van der Waals surface area contributed by atoms with Gasteiger partial charge in [-0.3, -0.25) is 0 Å². The van der Waals surface area contributed by atoms with Crippen molar-refractivity contribution in [2.75, 3.05) is 11.5 Å². The standard InChI is InChI=1S/C12H11N3O2/c13-5-1-7(14)11-8(2-5)15-9-3-6(16)4-10(17)12(9)11/h1-4,15-17H,13-14H2. The highest BCUT2D eigenvalue weighted by molar-refractivity contribution is 6.16. The summed E-state index contributed by atoms with van der Waals surface area (Å²) in [6.07, 6.45) is 0. The molecule has 0 bridgehead atoms. The molecule has 3 rings (SSSR count). The Labute approximate surface area is 96.3 Å². The van der Waals surface area contributed by atoms with Gasteiger partial charge in [0.1, 0.15) is 11.5 Å². The molecule has 17 heavy (non-hydrogen) atoms. The summed E-state index contributed by atoms with van der Waals surface area (Å²) >= 11 is 0. The van der Waals surface area contributed by atoms with Crippen molar-refractivity contribution < 1.29 is 10.2 Å². The van der Waals surface area contributed by atoms with Gasteiger partial charge in [0.25, 0.3) is 0 Å². The SMILES string of the molecule is Nc1cc(N)c2c(c1)[nH]c1cc(O)cc(O)c12. The third-order valence-corrected chi connectivity index (χ3v) is 2.81. The lowest BCUT2D eigenvalue weighted by Crippen LogP contribution is -1.90. The zero-order valence-corrected chi connectivity index (χ0v) is 8.86. The molecule has 0 saturated carbocycles. The van der Waals surface area contributed by atoms with E-state index in [1.165, 1.54) is 12.1 Å². The number of aromatic nitrogens is 1. The average Bonchev–Trinajstić information content (AvgIpc) is 2.55. The second-order valence-electron chi connectivity index (χ2n) is 4.05. The maximum Gasteiger partial charge on any atom is 0.129 e. The van der Waals surface area contributed by atoms with E-state index < -0.39 is 0 Å². The molecular formula is C12H11N3O2. The van der Waals surface area contributed by atoms with Crippen LogP contribution < -0.4 is 11.5 Å². The summed E-state index contributed by atoms with van der Waals surface area (Å²) in [5.74, 6) is -0.0178. The van der Waals surface area contributed by atoms with Gasteiger partial charge in [0.15, 0.2) is 0 Å². The van der Waals surface area contributed by atoms with Crippen LogP contribution in [-0.2, 0) is 0 Å². The smallest absolute Gasteiger partial charge is 0.129 e. The number of aromatic hydroxyl groups is 2. The fraction of sp³-hybridized carbons (Fsp3) is 0. The molecule has 0 saturated heterocycles. The van der Waals surface area contributed by atoms with Crippen molar-refractivity contribution in [1.82, 2.24) is 4.98 Å². The molecule has 0 amide bonds. The third-order valence-electron chi connectivity index (χ3n) is 2.81. The fourth-order valence-electron chi connectivity index (χ4n) is 2.18. The first kappa shape index (κ1) is 9.65. The van der Waals surface area contributed by atoms with Gasteiger partial charge >= 0.3 is 0 Å². The number of rotatable bonds is 0. The van der Waals surface area contributed by atoms with Crippen LogP contribution in [0.5, 0.6) is 11.5 Å². The summed E-state index contributed by atoms with van der Waals surface area (Å²) in [7, 11) is 0. The van der Waals surface area contributed by atoms with E-state index in [-0.39, 0.29) is 11.5 Å². The third kappa shape index (κ3) is 1.25. The van der Waals surface area contributed by atoms with E-state index in [1.54, 1.807) is 12.1 Å². The molecule has 1 aromatic heterocycles. The van der Waals surface area contributed by atoms with Crippen LogP contribution in [0.3, 0.4) is 0 Å². The molecule has 0 radical (unpaired) electrons. The Morgan fingerprint density at radius 2 is 1.59 bits per heavy atom. The highest BCUT2D eigenvalue weighted by Crippen LogP contribution is 2.38. The Morgan fingerprint density at radius 1 is 0.882 bits per heavy atom. The molecule has 0 unspecified atom stereocenters. The molecule has 0 fully saturated rings. The van der Waals surface area contributed by atoms with Gasteiger partial charge in [-0.05, 0) is 12.1 Å². The van der Waals surface area contributed by atoms with Gasteiger partial charge in [-0.1, -0.05) is 0 Å². The second kappa shape index (κ2) is 2.98. The number of hydrogen-bond acceptors (Lipinski definition) is 4. The average molecular weight is 229 g/mol. The lowest BCUT2D eigenvalue weighted by molar-refractivity contribution is 0.455. The number of phenolic OH excluding ortho intramolecular Hbond substituents is 2. The predicted molar refractivity (Wildman–Crippen MR) is 68.0 cm³/mol. The van der Waals surface area contributed by atoms with Gasteiger partial charge in [0.05, 0.1) is 16.4 Å². The molecule has 0 aliphatic heterocycles. The number of benzene rings is 2. The van der Waals surface area contributed by atoms with Gasteiger partial charge in [-0.15, -0.1) is 0 Å².